The maximum Gasteiger partial charge on any atom is 0.244 e. The number of nitrogens with two attached hydrogens (primary N) is 1. The first kappa shape index (κ1) is 20.2. The molecule has 0 aliphatic carbocycles. The van der Waals surface area contributed by atoms with Crippen LogP contribution in [0.5, 0.6) is 0 Å². The molecule has 1 aliphatic heterocycles. The Balaban J connectivity index is 2.21. The Labute approximate surface area is 154 Å². The predicted octanol–water partition coefficient (Wildman–Crippen LogP) is 1.77. The summed E-state index contributed by atoms with van der Waals surface area (Å²) < 4.78 is 27.4. The number of piperidine rings is 1. The summed E-state index contributed by atoms with van der Waals surface area (Å²) in [6.45, 7) is 3.37. The molecule has 1 unspecified atom stereocenters. The molecule has 2 rings (SSSR count). The SMILES string of the molecule is CCCc1ccc(Cl)c(S(=O)(=O)N2CCCC(C(=O)NCCN)C2)c1. The van der Waals surface area contributed by atoms with Gasteiger partial charge in [0.1, 0.15) is 4.90 Å². The minimum absolute atomic E-state index is 0.128. The van der Waals surface area contributed by atoms with Crippen molar-refractivity contribution in [3.05, 3.63) is 28.8 Å². The van der Waals surface area contributed by atoms with E-state index in [4.69, 9.17) is 17.3 Å². The van der Waals surface area contributed by atoms with Crippen molar-refractivity contribution in [3.63, 3.8) is 0 Å². The van der Waals surface area contributed by atoms with Crippen LogP contribution in [0.25, 0.3) is 0 Å². The summed E-state index contributed by atoms with van der Waals surface area (Å²) in [5, 5.41) is 2.96. The van der Waals surface area contributed by atoms with Crippen LogP contribution < -0.4 is 11.1 Å². The molecule has 1 heterocycles. The molecule has 140 valence electrons. The molecule has 1 aliphatic rings. The first-order valence-electron chi connectivity index (χ1n) is 8.66. The second-order valence-electron chi connectivity index (χ2n) is 6.30. The standard InChI is InChI=1S/C17H26ClN3O3S/c1-2-4-13-6-7-15(18)16(11-13)25(23,24)21-10-3-5-14(12-21)17(22)20-9-8-19/h6-7,11,14H,2-5,8-10,12,19H2,1H3,(H,20,22). The van der Waals surface area contributed by atoms with Crippen molar-refractivity contribution >= 4 is 27.5 Å². The fourth-order valence-electron chi connectivity index (χ4n) is 3.04. The number of sulfonamides is 1. The van der Waals surface area contributed by atoms with Gasteiger partial charge in [-0.05, 0) is 37.0 Å². The molecule has 0 radical (unpaired) electrons. The number of hydrogen-bond donors (Lipinski definition) is 2. The van der Waals surface area contributed by atoms with Crippen LogP contribution >= 0.6 is 11.6 Å². The number of carbonyl (C=O) groups is 1. The third kappa shape index (κ3) is 4.94. The van der Waals surface area contributed by atoms with E-state index in [1.54, 1.807) is 12.1 Å². The minimum Gasteiger partial charge on any atom is -0.355 e. The molecule has 1 amide bonds. The maximum absolute atomic E-state index is 13.0. The van der Waals surface area contributed by atoms with Crippen LogP contribution in [0.4, 0.5) is 0 Å². The fraction of sp³-hybridized carbons (Fsp3) is 0.588. The zero-order valence-electron chi connectivity index (χ0n) is 14.5. The molecule has 1 saturated heterocycles. The zero-order valence-corrected chi connectivity index (χ0v) is 16.1. The normalized spacial score (nSPS) is 18.9. The monoisotopic (exact) mass is 387 g/mol. The number of nitrogens with zero attached hydrogens (tertiary/aromatic N) is 1. The lowest BCUT2D eigenvalue weighted by Crippen LogP contribution is -2.46. The van der Waals surface area contributed by atoms with E-state index >= 15 is 0 Å². The number of halogens is 1. The van der Waals surface area contributed by atoms with Gasteiger partial charge in [-0.15, -0.1) is 0 Å². The Kier molecular flexibility index (Phi) is 7.25. The highest BCUT2D eigenvalue weighted by Gasteiger charge is 2.34. The first-order valence-corrected chi connectivity index (χ1v) is 10.5. The Morgan fingerprint density at radius 3 is 2.88 bits per heavy atom. The van der Waals surface area contributed by atoms with Gasteiger partial charge in [0.15, 0.2) is 0 Å². The summed E-state index contributed by atoms with van der Waals surface area (Å²) in [7, 11) is -3.72. The summed E-state index contributed by atoms with van der Waals surface area (Å²) in [5.41, 5.74) is 6.34. The highest BCUT2D eigenvalue weighted by atomic mass is 35.5. The number of nitrogens with one attached hydrogen (secondary N) is 1. The average Bonchev–Trinajstić information content (AvgIpc) is 2.61. The van der Waals surface area contributed by atoms with E-state index in [0.29, 0.717) is 32.5 Å². The van der Waals surface area contributed by atoms with Gasteiger partial charge in [0.25, 0.3) is 0 Å². The molecular formula is C17H26ClN3O3S. The lowest BCUT2D eigenvalue weighted by molar-refractivity contribution is -0.126. The van der Waals surface area contributed by atoms with Gasteiger partial charge in [-0.3, -0.25) is 4.79 Å². The molecule has 3 N–H and O–H groups in total. The van der Waals surface area contributed by atoms with Gasteiger partial charge in [0.05, 0.1) is 10.9 Å². The van der Waals surface area contributed by atoms with Crippen molar-refractivity contribution < 1.29 is 13.2 Å². The molecule has 1 aromatic carbocycles. The van der Waals surface area contributed by atoms with Crippen LogP contribution in [0, 0.1) is 5.92 Å². The number of benzene rings is 1. The number of amides is 1. The topological polar surface area (TPSA) is 92.5 Å². The Morgan fingerprint density at radius 2 is 2.20 bits per heavy atom. The van der Waals surface area contributed by atoms with Crippen molar-refractivity contribution in [2.75, 3.05) is 26.2 Å². The van der Waals surface area contributed by atoms with Crippen LogP contribution in [-0.2, 0) is 21.2 Å². The van der Waals surface area contributed by atoms with Gasteiger partial charge in [0.2, 0.25) is 15.9 Å². The predicted molar refractivity (Wildman–Crippen MR) is 99.0 cm³/mol. The van der Waals surface area contributed by atoms with E-state index in [9.17, 15) is 13.2 Å². The molecule has 8 heteroatoms. The van der Waals surface area contributed by atoms with E-state index in [0.717, 1.165) is 18.4 Å². The lowest BCUT2D eigenvalue weighted by atomic mass is 9.99. The quantitative estimate of drug-likeness (QED) is 0.745. The molecule has 1 aromatic rings. The Bertz CT molecular complexity index is 709. The summed E-state index contributed by atoms with van der Waals surface area (Å²) in [6, 6.07) is 5.14. The summed E-state index contributed by atoms with van der Waals surface area (Å²) >= 11 is 6.17. The van der Waals surface area contributed by atoms with Gasteiger partial charge < -0.3 is 11.1 Å². The molecule has 6 nitrogen and oxygen atoms in total. The maximum atomic E-state index is 13.0. The fourth-order valence-corrected chi connectivity index (χ4v) is 5.09. The van der Waals surface area contributed by atoms with E-state index < -0.39 is 10.0 Å². The largest absolute Gasteiger partial charge is 0.355 e. The molecule has 1 fully saturated rings. The number of rotatable bonds is 7. The van der Waals surface area contributed by atoms with Crippen molar-refractivity contribution in [1.29, 1.82) is 0 Å². The van der Waals surface area contributed by atoms with Gasteiger partial charge in [-0.1, -0.05) is 31.0 Å². The minimum atomic E-state index is -3.72. The smallest absolute Gasteiger partial charge is 0.244 e. The number of carbonyl (C=O) groups excluding carboxylic acids is 1. The van der Waals surface area contributed by atoms with Crippen molar-refractivity contribution in [2.45, 2.75) is 37.5 Å². The van der Waals surface area contributed by atoms with Crippen LogP contribution in [-0.4, -0.2) is 44.8 Å². The lowest BCUT2D eigenvalue weighted by Gasteiger charge is -2.31. The van der Waals surface area contributed by atoms with Crippen LogP contribution in [0.1, 0.15) is 31.7 Å². The Morgan fingerprint density at radius 1 is 1.44 bits per heavy atom. The third-order valence-electron chi connectivity index (χ3n) is 4.35. The van der Waals surface area contributed by atoms with E-state index in [1.165, 1.54) is 4.31 Å². The van der Waals surface area contributed by atoms with Gasteiger partial charge in [-0.2, -0.15) is 4.31 Å². The average molecular weight is 388 g/mol. The second kappa shape index (κ2) is 8.98. The van der Waals surface area contributed by atoms with Crippen LogP contribution in [0.15, 0.2) is 23.1 Å². The van der Waals surface area contributed by atoms with E-state index in [-0.39, 0.29) is 28.3 Å². The van der Waals surface area contributed by atoms with E-state index in [2.05, 4.69) is 5.32 Å². The third-order valence-corrected chi connectivity index (χ3v) is 6.70. The molecule has 25 heavy (non-hydrogen) atoms. The van der Waals surface area contributed by atoms with Gasteiger partial charge in [0, 0.05) is 26.2 Å². The second-order valence-corrected chi connectivity index (χ2v) is 8.61. The first-order chi connectivity index (χ1) is 11.9. The molecular weight excluding hydrogens is 362 g/mol. The van der Waals surface area contributed by atoms with Gasteiger partial charge >= 0.3 is 0 Å². The Hall–Kier alpha value is -1.15. The van der Waals surface area contributed by atoms with E-state index in [1.807, 2.05) is 13.0 Å². The van der Waals surface area contributed by atoms with Crippen LogP contribution in [0.2, 0.25) is 5.02 Å². The van der Waals surface area contributed by atoms with Crippen LogP contribution in [0.3, 0.4) is 0 Å². The van der Waals surface area contributed by atoms with Crippen molar-refractivity contribution in [3.8, 4) is 0 Å². The molecule has 0 spiro atoms. The molecule has 1 atom stereocenters. The number of aryl methyl sites for hydroxylation is 1. The highest BCUT2D eigenvalue weighted by molar-refractivity contribution is 7.89. The summed E-state index contributed by atoms with van der Waals surface area (Å²) in [4.78, 5) is 12.3. The van der Waals surface area contributed by atoms with Gasteiger partial charge in [-0.25, -0.2) is 8.42 Å². The van der Waals surface area contributed by atoms with Crippen molar-refractivity contribution in [2.24, 2.45) is 11.7 Å². The summed E-state index contributed by atoms with van der Waals surface area (Å²) in [5.74, 6) is -0.496. The van der Waals surface area contributed by atoms with Crippen molar-refractivity contribution in [1.82, 2.24) is 9.62 Å². The molecule has 0 bridgehead atoms. The highest BCUT2D eigenvalue weighted by Crippen LogP contribution is 2.29. The summed E-state index contributed by atoms with van der Waals surface area (Å²) in [6.07, 6.45) is 3.04. The zero-order chi connectivity index (χ0) is 18.4. The number of hydrogen-bond acceptors (Lipinski definition) is 4. The molecule has 0 saturated carbocycles. The molecule has 0 aromatic heterocycles.